The van der Waals surface area contributed by atoms with Crippen molar-refractivity contribution in [3.8, 4) is 22.9 Å². The first kappa shape index (κ1) is 19.2. The zero-order chi connectivity index (χ0) is 20.5. The van der Waals surface area contributed by atoms with Crippen LogP contribution >= 0.6 is 0 Å². The van der Waals surface area contributed by atoms with Crippen molar-refractivity contribution in [1.82, 2.24) is 15.1 Å². The van der Waals surface area contributed by atoms with Crippen molar-refractivity contribution in [3.05, 3.63) is 65.0 Å². The quantitative estimate of drug-likeness (QED) is 0.676. The zero-order valence-corrected chi connectivity index (χ0v) is 16.3. The van der Waals surface area contributed by atoms with E-state index in [4.69, 9.17) is 14.2 Å². The third kappa shape index (κ3) is 3.63. The summed E-state index contributed by atoms with van der Waals surface area (Å²) in [6.45, 7) is 4.59. The topological polar surface area (TPSA) is 57.5 Å². The third-order valence-corrected chi connectivity index (χ3v) is 4.98. The van der Waals surface area contributed by atoms with Crippen LogP contribution in [0.2, 0.25) is 0 Å². The number of ether oxygens (including phenoxy) is 3. The van der Waals surface area contributed by atoms with Gasteiger partial charge in [0.25, 0.3) is 0 Å². The van der Waals surface area contributed by atoms with Crippen LogP contribution in [0.1, 0.15) is 29.8 Å². The van der Waals surface area contributed by atoms with Gasteiger partial charge in [0.2, 0.25) is 12.5 Å². The predicted octanol–water partition coefficient (Wildman–Crippen LogP) is 4.05. The number of fused-ring (bicyclic) bond motifs is 1. The molecule has 4 rings (SSSR count). The van der Waals surface area contributed by atoms with Crippen LogP contribution in [0.15, 0.2) is 36.5 Å². The van der Waals surface area contributed by atoms with E-state index in [2.05, 4.69) is 10.4 Å². The Morgan fingerprint density at radius 2 is 2.07 bits per heavy atom. The lowest BCUT2D eigenvalue weighted by Gasteiger charge is -2.15. The SMILES string of the molecule is COc1cc(CN[C@H](C)c2cnn(-c3ccc(F)cc3F)c2C)cc2c1OCO2. The summed E-state index contributed by atoms with van der Waals surface area (Å²) in [6, 6.07) is 7.21. The molecule has 2 heterocycles. The fourth-order valence-corrected chi connectivity index (χ4v) is 3.41. The molecule has 1 aliphatic heterocycles. The molecule has 152 valence electrons. The number of benzene rings is 2. The summed E-state index contributed by atoms with van der Waals surface area (Å²) < 4.78 is 45.0. The van der Waals surface area contributed by atoms with E-state index < -0.39 is 11.6 Å². The highest BCUT2D eigenvalue weighted by molar-refractivity contribution is 5.55. The van der Waals surface area contributed by atoms with E-state index in [1.165, 1.54) is 16.8 Å². The highest BCUT2D eigenvalue weighted by Crippen LogP contribution is 2.41. The minimum absolute atomic E-state index is 0.0522. The van der Waals surface area contributed by atoms with Gasteiger partial charge in [0.15, 0.2) is 17.3 Å². The molecule has 3 aromatic rings. The first-order valence-corrected chi connectivity index (χ1v) is 9.17. The van der Waals surface area contributed by atoms with Crippen LogP contribution in [0, 0.1) is 18.6 Å². The number of nitrogens with one attached hydrogen (secondary N) is 1. The maximum Gasteiger partial charge on any atom is 0.231 e. The fraction of sp³-hybridized carbons (Fsp3) is 0.286. The normalized spacial score (nSPS) is 13.6. The van der Waals surface area contributed by atoms with Crippen molar-refractivity contribution in [2.45, 2.75) is 26.4 Å². The number of aromatic nitrogens is 2. The second kappa shape index (κ2) is 7.71. The first-order chi connectivity index (χ1) is 14.0. The van der Waals surface area contributed by atoms with Crippen LogP contribution < -0.4 is 19.5 Å². The number of nitrogens with zero attached hydrogens (tertiary/aromatic N) is 2. The standard InChI is InChI=1S/C21H21F2N3O3/c1-12(24-9-14-6-19(27-3)21-20(7-14)28-11-29-21)16-10-25-26(13(16)2)18-5-4-15(22)8-17(18)23/h4-8,10,12,24H,9,11H2,1-3H3/t12-/m1/s1. The van der Waals surface area contributed by atoms with E-state index in [-0.39, 0.29) is 18.5 Å². The van der Waals surface area contributed by atoms with Gasteiger partial charge in [-0.1, -0.05) is 0 Å². The molecule has 0 fully saturated rings. The molecular formula is C21H21F2N3O3. The van der Waals surface area contributed by atoms with E-state index in [0.717, 1.165) is 22.9 Å². The Kier molecular flexibility index (Phi) is 5.10. The van der Waals surface area contributed by atoms with Gasteiger partial charge in [-0.2, -0.15) is 5.10 Å². The molecule has 1 atom stereocenters. The molecule has 0 bridgehead atoms. The van der Waals surface area contributed by atoms with Crippen molar-refractivity contribution < 1.29 is 23.0 Å². The van der Waals surface area contributed by atoms with E-state index in [1.54, 1.807) is 13.3 Å². The molecule has 1 aliphatic rings. The summed E-state index contributed by atoms with van der Waals surface area (Å²) in [7, 11) is 1.59. The van der Waals surface area contributed by atoms with Gasteiger partial charge in [0.1, 0.15) is 11.5 Å². The van der Waals surface area contributed by atoms with Crippen molar-refractivity contribution in [1.29, 1.82) is 0 Å². The maximum atomic E-state index is 14.1. The molecule has 0 saturated heterocycles. The average Bonchev–Trinajstić information content (AvgIpc) is 3.32. The number of hydrogen-bond donors (Lipinski definition) is 1. The molecule has 0 unspecified atom stereocenters. The van der Waals surface area contributed by atoms with Crippen LogP contribution in [-0.4, -0.2) is 23.7 Å². The highest BCUT2D eigenvalue weighted by Gasteiger charge is 2.21. The van der Waals surface area contributed by atoms with Gasteiger partial charge in [0, 0.05) is 29.9 Å². The van der Waals surface area contributed by atoms with Gasteiger partial charge >= 0.3 is 0 Å². The van der Waals surface area contributed by atoms with Crippen molar-refractivity contribution in [2.75, 3.05) is 13.9 Å². The average molecular weight is 401 g/mol. The Bertz CT molecular complexity index is 1050. The van der Waals surface area contributed by atoms with Crippen LogP contribution in [-0.2, 0) is 6.54 Å². The Morgan fingerprint density at radius 1 is 1.24 bits per heavy atom. The number of rotatable bonds is 6. The molecule has 1 N–H and O–H groups in total. The summed E-state index contributed by atoms with van der Waals surface area (Å²) in [4.78, 5) is 0. The second-order valence-electron chi connectivity index (χ2n) is 6.83. The Labute approximate surface area is 167 Å². The summed E-state index contributed by atoms with van der Waals surface area (Å²) in [5.41, 5.74) is 2.88. The molecule has 0 aliphatic carbocycles. The molecule has 0 spiro atoms. The maximum absolute atomic E-state index is 14.1. The molecule has 1 aromatic heterocycles. The fourth-order valence-electron chi connectivity index (χ4n) is 3.41. The van der Waals surface area contributed by atoms with E-state index in [9.17, 15) is 8.78 Å². The van der Waals surface area contributed by atoms with Crippen molar-refractivity contribution in [2.24, 2.45) is 0 Å². The molecule has 0 amide bonds. The van der Waals surface area contributed by atoms with Gasteiger partial charge in [-0.25, -0.2) is 13.5 Å². The molecule has 8 heteroatoms. The second-order valence-corrected chi connectivity index (χ2v) is 6.83. The minimum Gasteiger partial charge on any atom is -0.493 e. The molecule has 0 radical (unpaired) electrons. The summed E-state index contributed by atoms with van der Waals surface area (Å²) in [5.74, 6) is 0.619. The summed E-state index contributed by atoms with van der Waals surface area (Å²) >= 11 is 0. The Morgan fingerprint density at radius 3 is 2.83 bits per heavy atom. The van der Waals surface area contributed by atoms with Crippen LogP contribution in [0.25, 0.3) is 5.69 Å². The van der Waals surface area contributed by atoms with Crippen LogP contribution in [0.5, 0.6) is 17.2 Å². The summed E-state index contributed by atoms with van der Waals surface area (Å²) in [5, 5.41) is 7.71. The highest BCUT2D eigenvalue weighted by atomic mass is 19.1. The van der Waals surface area contributed by atoms with Crippen molar-refractivity contribution >= 4 is 0 Å². The Balaban J connectivity index is 1.51. The number of hydrogen-bond acceptors (Lipinski definition) is 5. The van der Waals surface area contributed by atoms with Crippen LogP contribution in [0.3, 0.4) is 0 Å². The molecule has 2 aromatic carbocycles. The minimum atomic E-state index is -0.657. The molecule has 6 nitrogen and oxygen atoms in total. The molecule has 29 heavy (non-hydrogen) atoms. The zero-order valence-electron chi connectivity index (χ0n) is 16.3. The third-order valence-electron chi connectivity index (χ3n) is 4.98. The lowest BCUT2D eigenvalue weighted by Crippen LogP contribution is -2.18. The first-order valence-electron chi connectivity index (χ1n) is 9.17. The predicted molar refractivity (Wildman–Crippen MR) is 103 cm³/mol. The smallest absolute Gasteiger partial charge is 0.231 e. The van der Waals surface area contributed by atoms with Gasteiger partial charge in [-0.15, -0.1) is 0 Å². The number of methoxy groups -OCH3 is 1. The Hall–Kier alpha value is -3.13. The van der Waals surface area contributed by atoms with Crippen LogP contribution in [0.4, 0.5) is 8.78 Å². The van der Waals surface area contributed by atoms with Gasteiger partial charge in [-0.05, 0) is 43.7 Å². The van der Waals surface area contributed by atoms with Gasteiger partial charge < -0.3 is 19.5 Å². The van der Waals surface area contributed by atoms with E-state index in [0.29, 0.717) is 23.8 Å². The molecular weight excluding hydrogens is 380 g/mol. The van der Waals surface area contributed by atoms with Crippen molar-refractivity contribution in [3.63, 3.8) is 0 Å². The van der Waals surface area contributed by atoms with E-state index >= 15 is 0 Å². The van der Waals surface area contributed by atoms with Gasteiger partial charge in [-0.3, -0.25) is 0 Å². The largest absolute Gasteiger partial charge is 0.493 e. The summed E-state index contributed by atoms with van der Waals surface area (Å²) in [6.07, 6.45) is 1.69. The number of halogens is 2. The monoisotopic (exact) mass is 401 g/mol. The van der Waals surface area contributed by atoms with Gasteiger partial charge in [0.05, 0.1) is 13.3 Å². The lowest BCUT2D eigenvalue weighted by molar-refractivity contribution is 0.171. The van der Waals surface area contributed by atoms with E-state index in [1.807, 2.05) is 26.0 Å². The lowest BCUT2D eigenvalue weighted by atomic mass is 10.1. The molecule has 0 saturated carbocycles.